The molecule has 0 aliphatic carbocycles. The molecule has 0 N–H and O–H groups in total. The number of halogens is 1. The number of hydrogen-bond acceptors (Lipinski definition) is 3. The van der Waals surface area contributed by atoms with Gasteiger partial charge in [-0.25, -0.2) is 4.98 Å². The second-order valence-electron chi connectivity index (χ2n) is 4.30. The number of hydrogen-bond donors (Lipinski definition) is 0. The Bertz CT molecular complexity index is 324. The number of unbranched alkanes of at least 4 members (excludes halogenated alkanes) is 1. The fourth-order valence-electron chi connectivity index (χ4n) is 1.68. The van der Waals surface area contributed by atoms with Crippen LogP contribution in [0.1, 0.15) is 45.4 Å². The SMILES string of the molecule is CCCCC(CC)COc1cc(Br)nc(C)n1. The molecule has 1 unspecified atom stereocenters. The summed E-state index contributed by atoms with van der Waals surface area (Å²) in [5.41, 5.74) is 0. The number of ether oxygens (including phenoxy) is 1. The lowest BCUT2D eigenvalue weighted by Crippen LogP contribution is -2.12. The molecule has 3 nitrogen and oxygen atoms in total. The summed E-state index contributed by atoms with van der Waals surface area (Å²) in [6, 6.07) is 1.82. The van der Waals surface area contributed by atoms with Crippen LogP contribution < -0.4 is 4.74 Å². The zero-order valence-corrected chi connectivity index (χ0v) is 12.5. The van der Waals surface area contributed by atoms with Crippen molar-refractivity contribution >= 4 is 15.9 Å². The maximum atomic E-state index is 5.74. The van der Waals surface area contributed by atoms with Crippen molar-refractivity contribution in [3.8, 4) is 5.88 Å². The molecule has 17 heavy (non-hydrogen) atoms. The van der Waals surface area contributed by atoms with E-state index >= 15 is 0 Å². The second kappa shape index (κ2) is 7.64. The summed E-state index contributed by atoms with van der Waals surface area (Å²) in [5.74, 6) is 2.03. The van der Waals surface area contributed by atoms with Crippen molar-refractivity contribution in [2.75, 3.05) is 6.61 Å². The van der Waals surface area contributed by atoms with Gasteiger partial charge in [0.25, 0.3) is 0 Å². The summed E-state index contributed by atoms with van der Waals surface area (Å²) in [7, 11) is 0. The highest BCUT2D eigenvalue weighted by Crippen LogP contribution is 2.17. The van der Waals surface area contributed by atoms with Crippen LogP contribution >= 0.6 is 15.9 Å². The number of aromatic nitrogens is 2. The molecular weight excluding hydrogens is 280 g/mol. The van der Waals surface area contributed by atoms with Crippen molar-refractivity contribution in [1.29, 1.82) is 0 Å². The van der Waals surface area contributed by atoms with E-state index < -0.39 is 0 Å². The molecule has 0 aliphatic rings. The minimum absolute atomic E-state index is 0.629. The van der Waals surface area contributed by atoms with E-state index in [0.717, 1.165) is 23.5 Å². The fraction of sp³-hybridized carbons (Fsp3) is 0.692. The molecule has 1 aromatic rings. The molecule has 0 radical (unpaired) electrons. The molecule has 0 saturated heterocycles. The lowest BCUT2D eigenvalue weighted by atomic mass is 10.0. The predicted molar refractivity (Wildman–Crippen MR) is 73.3 cm³/mol. The van der Waals surface area contributed by atoms with Crippen molar-refractivity contribution in [3.63, 3.8) is 0 Å². The lowest BCUT2D eigenvalue weighted by Gasteiger charge is -2.15. The average molecular weight is 301 g/mol. The Hall–Kier alpha value is -0.640. The summed E-state index contributed by atoms with van der Waals surface area (Å²) < 4.78 is 6.52. The van der Waals surface area contributed by atoms with E-state index in [2.05, 4.69) is 39.7 Å². The largest absolute Gasteiger partial charge is 0.477 e. The fourth-order valence-corrected chi connectivity index (χ4v) is 2.13. The zero-order chi connectivity index (χ0) is 12.7. The number of rotatable bonds is 7. The van der Waals surface area contributed by atoms with E-state index in [1.807, 2.05) is 13.0 Å². The van der Waals surface area contributed by atoms with Crippen molar-refractivity contribution in [1.82, 2.24) is 9.97 Å². The molecule has 1 rings (SSSR count). The summed E-state index contributed by atoms with van der Waals surface area (Å²) in [6.45, 7) is 7.05. The monoisotopic (exact) mass is 300 g/mol. The molecule has 1 heterocycles. The maximum Gasteiger partial charge on any atom is 0.217 e. The van der Waals surface area contributed by atoms with Crippen LogP contribution in [0.4, 0.5) is 0 Å². The first-order valence-corrected chi connectivity index (χ1v) is 7.09. The van der Waals surface area contributed by atoms with Crippen LogP contribution in [0.3, 0.4) is 0 Å². The van der Waals surface area contributed by atoms with Crippen LogP contribution in [0.2, 0.25) is 0 Å². The third-order valence-electron chi connectivity index (χ3n) is 2.79. The summed E-state index contributed by atoms with van der Waals surface area (Å²) in [4.78, 5) is 8.41. The van der Waals surface area contributed by atoms with Gasteiger partial charge in [-0.2, -0.15) is 4.98 Å². The Kier molecular flexibility index (Phi) is 6.48. The third kappa shape index (κ3) is 5.48. The van der Waals surface area contributed by atoms with Crippen molar-refractivity contribution < 1.29 is 4.74 Å². The highest BCUT2D eigenvalue weighted by Gasteiger charge is 2.08. The Morgan fingerprint density at radius 3 is 2.71 bits per heavy atom. The van der Waals surface area contributed by atoms with Crippen LogP contribution in [0.15, 0.2) is 10.7 Å². The molecule has 0 amide bonds. The molecule has 0 bridgehead atoms. The van der Waals surface area contributed by atoms with Gasteiger partial charge in [0.1, 0.15) is 10.4 Å². The highest BCUT2D eigenvalue weighted by atomic mass is 79.9. The third-order valence-corrected chi connectivity index (χ3v) is 3.20. The van der Waals surface area contributed by atoms with Crippen LogP contribution in [0, 0.1) is 12.8 Å². The van der Waals surface area contributed by atoms with Crippen molar-refractivity contribution in [2.24, 2.45) is 5.92 Å². The van der Waals surface area contributed by atoms with Gasteiger partial charge in [0, 0.05) is 6.07 Å². The molecule has 4 heteroatoms. The van der Waals surface area contributed by atoms with Gasteiger partial charge in [-0.3, -0.25) is 0 Å². The van der Waals surface area contributed by atoms with E-state index in [0.29, 0.717) is 11.8 Å². The van der Waals surface area contributed by atoms with Crippen LogP contribution in [0.5, 0.6) is 5.88 Å². The molecule has 0 fully saturated rings. The van der Waals surface area contributed by atoms with E-state index in [4.69, 9.17) is 4.74 Å². The highest BCUT2D eigenvalue weighted by molar-refractivity contribution is 9.10. The van der Waals surface area contributed by atoms with Crippen LogP contribution in [0.25, 0.3) is 0 Å². The van der Waals surface area contributed by atoms with Gasteiger partial charge in [0.15, 0.2) is 0 Å². The summed E-state index contributed by atoms with van der Waals surface area (Å²) in [6.07, 6.45) is 4.91. The minimum Gasteiger partial charge on any atom is -0.477 e. The van der Waals surface area contributed by atoms with Gasteiger partial charge >= 0.3 is 0 Å². The molecule has 0 aromatic carbocycles. The smallest absolute Gasteiger partial charge is 0.217 e. The molecule has 0 aliphatic heterocycles. The number of aryl methyl sites for hydroxylation is 1. The maximum absolute atomic E-state index is 5.74. The standard InChI is InChI=1S/C13H21BrN2O/c1-4-6-7-11(5-2)9-17-13-8-12(14)15-10(3)16-13/h8,11H,4-7,9H2,1-3H3. The quantitative estimate of drug-likeness (QED) is 0.710. The number of nitrogens with zero attached hydrogens (tertiary/aromatic N) is 2. The molecule has 0 saturated carbocycles. The van der Waals surface area contributed by atoms with E-state index in [-0.39, 0.29) is 0 Å². The predicted octanol–water partition coefficient (Wildman–Crippen LogP) is 4.14. The first kappa shape index (κ1) is 14.4. The molecule has 1 atom stereocenters. The molecule has 96 valence electrons. The Balaban J connectivity index is 2.47. The van der Waals surface area contributed by atoms with E-state index in [1.165, 1.54) is 19.3 Å². The summed E-state index contributed by atoms with van der Waals surface area (Å²) in [5, 5.41) is 0. The van der Waals surface area contributed by atoms with Gasteiger partial charge in [-0.15, -0.1) is 0 Å². The minimum atomic E-state index is 0.629. The van der Waals surface area contributed by atoms with Gasteiger partial charge < -0.3 is 4.74 Å². The van der Waals surface area contributed by atoms with Crippen molar-refractivity contribution in [3.05, 3.63) is 16.5 Å². The average Bonchev–Trinajstić information content (AvgIpc) is 2.28. The second-order valence-corrected chi connectivity index (χ2v) is 5.12. The van der Waals surface area contributed by atoms with E-state index in [9.17, 15) is 0 Å². The summed E-state index contributed by atoms with van der Waals surface area (Å²) >= 11 is 3.35. The van der Waals surface area contributed by atoms with Crippen molar-refractivity contribution in [2.45, 2.75) is 46.5 Å². The topological polar surface area (TPSA) is 35.0 Å². The van der Waals surface area contributed by atoms with Gasteiger partial charge in [0.05, 0.1) is 6.61 Å². The van der Waals surface area contributed by atoms with Gasteiger partial charge in [-0.05, 0) is 35.2 Å². The Morgan fingerprint density at radius 2 is 2.12 bits per heavy atom. The molecule has 1 aromatic heterocycles. The zero-order valence-electron chi connectivity index (χ0n) is 10.9. The Morgan fingerprint density at radius 1 is 1.35 bits per heavy atom. The van der Waals surface area contributed by atoms with Crippen LogP contribution in [-0.2, 0) is 0 Å². The first-order valence-electron chi connectivity index (χ1n) is 6.29. The van der Waals surface area contributed by atoms with E-state index in [1.54, 1.807) is 0 Å². The van der Waals surface area contributed by atoms with Gasteiger partial charge in [-0.1, -0.05) is 33.1 Å². The lowest BCUT2D eigenvalue weighted by molar-refractivity contribution is 0.225. The molecular formula is C13H21BrN2O. The first-order chi connectivity index (χ1) is 8.15. The normalized spacial score (nSPS) is 12.5. The van der Waals surface area contributed by atoms with Gasteiger partial charge in [0.2, 0.25) is 5.88 Å². The molecule has 0 spiro atoms. The van der Waals surface area contributed by atoms with Crippen LogP contribution in [-0.4, -0.2) is 16.6 Å². The Labute approximate surface area is 112 Å².